The highest BCUT2D eigenvalue weighted by atomic mass is 15.0. The average Bonchev–Trinajstić information content (AvgIpc) is 3.23. The van der Waals surface area contributed by atoms with Gasteiger partial charge in [-0.15, -0.1) is 0 Å². The largest absolute Gasteiger partial charge is 0.309 e. The van der Waals surface area contributed by atoms with Crippen LogP contribution >= 0.6 is 0 Å². The van der Waals surface area contributed by atoms with E-state index in [9.17, 15) is 0 Å². The summed E-state index contributed by atoms with van der Waals surface area (Å²) in [5.74, 6) is 0. The van der Waals surface area contributed by atoms with Gasteiger partial charge in [-0.2, -0.15) is 0 Å². The molecule has 0 aliphatic rings. The van der Waals surface area contributed by atoms with E-state index < -0.39 is 0 Å². The van der Waals surface area contributed by atoms with Crippen LogP contribution in [0.2, 0.25) is 0 Å². The SMILES string of the molecule is CC(C)(C)c1cccc(-n2c3ccccc3c3cc(-c4ccc(Cc5ccccc5)cc4)ccc32)c1. The number of hydrogen-bond acceptors (Lipinski definition) is 0. The van der Waals surface area contributed by atoms with Crippen LogP contribution < -0.4 is 0 Å². The van der Waals surface area contributed by atoms with E-state index in [-0.39, 0.29) is 5.41 Å². The minimum absolute atomic E-state index is 0.106. The van der Waals surface area contributed by atoms with Crippen LogP contribution in [0.25, 0.3) is 38.6 Å². The van der Waals surface area contributed by atoms with Crippen molar-refractivity contribution in [2.75, 3.05) is 0 Å². The van der Waals surface area contributed by atoms with E-state index in [1.165, 1.54) is 55.3 Å². The van der Waals surface area contributed by atoms with Crippen molar-refractivity contribution in [3.05, 3.63) is 138 Å². The molecule has 0 unspecified atom stereocenters. The molecule has 1 aromatic heterocycles. The van der Waals surface area contributed by atoms with Crippen LogP contribution in [0.15, 0.2) is 121 Å². The molecule has 1 heterocycles. The molecule has 0 spiro atoms. The summed E-state index contributed by atoms with van der Waals surface area (Å²) in [6.45, 7) is 6.82. The minimum Gasteiger partial charge on any atom is -0.309 e. The first-order chi connectivity index (χ1) is 17.5. The van der Waals surface area contributed by atoms with Crippen LogP contribution in [-0.4, -0.2) is 4.57 Å². The van der Waals surface area contributed by atoms with Crippen LogP contribution in [0.4, 0.5) is 0 Å². The van der Waals surface area contributed by atoms with Gasteiger partial charge in [0.15, 0.2) is 0 Å². The van der Waals surface area contributed by atoms with Gasteiger partial charge in [0, 0.05) is 16.5 Å². The Morgan fingerprint density at radius 2 is 1.19 bits per heavy atom. The third-order valence-corrected chi connectivity index (χ3v) is 7.18. The predicted octanol–water partition coefficient (Wildman–Crippen LogP) is 9.34. The summed E-state index contributed by atoms with van der Waals surface area (Å²) in [4.78, 5) is 0. The van der Waals surface area contributed by atoms with Gasteiger partial charge in [0.05, 0.1) is 11.0 Å². The van der Waals surface area contributed by atoms with Gasteiger partial charge in [-0.1, -0.05) is 112 Å². The number of rotatable bonds is 4. The number of benzene rings is 5. The Morgan fingerprint density at radius 1 is 0.528 bits per heavy atom. The molecule has 6 rings (SSSR count). The molecule has 1 heteroatoms. The first-order valence-electron chi connectivity index (χ1n) is 12.7. The van der Waals surface area contributed by atoms with Crippen molar-refractivity contribution in [1.82, 2.24) is 4.57 Å². The Labute approximate surface area is 213 Å². The zero-order valence-corrected chi connectivity index (χ0v) is 21.2. The number of fused-ring (bicyclic) bond motifs is 3. The van der Waals surface area contributed by atoms with E-state index in [1.54, 1.807) is 0 Å². The second-order valence-corrected chi connectivity index (χ2v) is 10.7. The van der Waals surface area contributed by atoms with Crippen molar-refractivity contribution in [3.63, 3.8) is 0 Å². The number of hydrogen-bond donors (Lipinski definition) is 0. The maximum atomic E-state index is 2.41. The molecule has 0 N–H and O–H groups in total. The molecule has 0 aliphatic carbocycles. The molecule has 36 heavy (non-hydrogen) atoms. The van der Waals surface area contributed by atoms with E-state index in [2.05, 4.69) is 147 Å². The highest BCUT2D eigenvalue weighted by Crippen LogP contribution is 2.36. The molecule has 0 fully saturated rings. The summed E-state index contributed by atoms with van der Waals surface area (Å²) in [5, 5.41) is 2.58. The molecule has 0 saturated carbocycles. The van der Waals surface area contributed by atoms with Crippen molar-refractivity contribution in [3.8, 4) is 16.8 Å². The highest BCUT2D eigenvalue weighted by molar-refractivity contribution is 6.10. The fraction of sp³-hybridized carbons (Fsp3) is 0.143. The van der Waals surface area contributed by atoms with Crippen LogP contribution in [0.5, 0.6) is 0 Å². The lowest BCUT2D eigenvalue weighted by Gasteiger charge is -2.20. The standard InChI is InChI=1S/C35H31N/c1-35(2,3)29-12-9-13-30(24-29)36-33-15-8-7-14-31(33)32-23-28(20-21-34(32)36)27-18-16-26(17-19-27)22-25-10-5-4-6-11-25/h4-21,23-24H,22H2,1-3H3. The Hall–Kier alpha value is -4.10. The Kier molecular flexibility index (Phi) is 5.49. The molecule has 0 bridgehead atoms. The van der Waals surface area contributed by atoms with E-state index >= 15 is 0 Å². The maximum absolute atomic E-state index is 2.41. The summed E-state index contributed by atoms with van der Waals surface area (Å²) in [5.41, 5.74) is 10.3. The molecular weight excluding hydrogens is 434 g/mol. The number of aromatic nitrogens is 1. The summed E-state index contributed by atoms with van der Waals surface area (Å²) >= 11 is 0. The Morgan fingerprint density at radius 3 is 1.97 bits per heavy atom. The van der Waals surface area contributed by atoms with Gasteiger partial charge in [-0.05, 0) is 70.0 Å². The molecule has 0 saturated heterocycles. The van der Waals surface area contributed by atoms with Gasteiger partial charge in [-0.25, -0.2) is 0 Å². The molecular formula is C35H31N. The molecule has 6 aromatic rings. The molecule has 0 aliphatic heterocycles. The van der Waals surface area contributed by atoms with Gasteiger partial charge in [-0.3, -0.25) is 0 Å². The van der Waals surface area contributed by atoms with Crippen molar-refractivity contribution >= 4 is 21.8 Å². The van der Waals surface area contributed by atoms with Crippen LogP contribution in [-0.2, 0) is 11.8 Å². The van der Waals surface area contributed by atoms with Crippen molar-refractivity contribution < 1.29 is 0 Å². The number of nitrogens with zero attached hydrogens (tertiary/aromatic N) is 1. The van der Waals surface area contributed by atoms with Gasteiger partial charge in [0.25, 0.3) is 0 Å². The van der Waals surface area contributed by atoms with Crippen LogP contribution in [0.1, 0.15) is 37.5 Å². The van der Waals surface area contributed by atoms with Gasteiger partial charge in [0.1, 0.15) is 0 Å². The van der Waals surface area contributed by atoms with E-state index in [0.717, 1.165) is 6.42 Å². The third kappa shape index (κ3) is 4.12. The molecule has 0 amide bonds. The van der Waals surface area contributed by atoms with Crippen LogP contribution in [0, 0.1) is 0 Å². The fourth-order valence-electron chi connectivity index (χ4n) is 5.19. The molecule has 0 radical (unpaired) electrons. The van der Waals surface area contributed by atoms with Gasteiger partial charge >= 0.3 is 0 Å². The summed E-state index contributed by atoms with van der Waals surface area (Å²) in [6, 6.07) is 44.3. The normalized spacial score (nSPS) is 11.9. The first-order valence-corrected chi connectivity index (χ1v) is 12.7. The summed E-state index contributed by atoms with van der Waals surface area (Å²) < 4.78 is 2.41. The van der Waals surface area contributed by atoms with Gasteiger partial charge < -0.3 is 4.57 Å². The fourth-order valence-corrected chi connectivity index (χ4v) is 5.19. The highest BCUT2D eigenvalue weighted by Gasteiger charge is 2.17. The van der Waals surface area contributed by atoms with Crippen molar-refractivity contribution in [2.45, 2.75) is 32.6 Å². The third-order valence-electron chi connectivity index (χ3n) is 7.18. The topological polar surface area (TPSA) is 4.93 Å². The zero-order valence-electron chi connectivity index (χ0n) is 21.2. The predicted molar refractivity (Wildman–Crippen MR) is 154 cm³/mol. The summed E-state index contributed by atoms with van der Waals surface area (Å²) in [7, 11) is 0. The lowest BCUT2D eigenvalue weighted by molar-refractivity contribution is 0.590. The summed E-state index contributed by atoms with van der Waals surface area (Å²) in [6.07, 6.45) is 0.960. The monoisotopic (exact) mass is 465 g/mol. The van der Waals surface area contributed by atoms with Gasteiger partial charge in [0.2, 0.25) is 0 Å². The molecule has 1 nitrogen and oxygen atoms in total. The molecule has 0 atom stereocenters. The quantitative estimate of drug-likeness (QED) is 0.244. The van der Waals surface area contributed by atoms with E-state index in [4.69, 9.17) is 0 Å². The smallest absolute Gasteiger partial charge is 0.0541 e. The lowest BCUT2D eigenvalue weighted by Crippen LogP contribution is -2.11. The minimum atomic E-state index is 0.106. The first kappa shape index (κ1) is 22.4. The Bertz CT molecular complexity index is 1660. The zero-order chi connectivity index (χ0) is 24.7. The Balaban J connectivity index is 1.43. The van der Waals surface area contributed by atoms with Crippen LogP contribution in [0.3, 0.4) is 0 Å². The molecule has 5 aromatic carbocycles. The lowest BCUT2D eigenvalue weighted by atomic mass is 9.87. The maximum Gasteiger partial charge on any atom is 0.0541 e. The number of para-hydroxylation sites is 1. The van der Waals surface area contributed by atoms with Crippen molar-refractivity contribution in [1.29, 1.82) is 0 Å². The molecule has 176 valence electrons. The second-order valence-electron chi connectivity index (χ2n) is 10.7. The van der Waals surface area contributed by atoms with E-state index in [0.29, 0.717) is 0 Å². The second kappa shape index (κ2) is 8.84. The average molecular weight is 466 g/mol. The van der Waals surface area contributed by atoms with E-state index in [1.807, 2.05) is 0 Å². The van der Waals surface area contributed by atoms with Crippen molar-refractivity contribution in [2.24, 2.45) is 0 Å².